The van der Waals surface area contributed by atoms with E-state index in [2.05, 4.69) is 17.0 Å². The molecule has 1 saturated heterocycles. The van der Waals surface area contributed by atoms with E-state index in [1.165, 1.54) is 22.1 Å². The highest BCUT2D eigenvalue weighted by Gasteiger charge is 2.37. The van der Waals surface area contributed by atoms with Crippen molar-refractivity contribution in [2.45, 2.75) is 61.9 Å². The molecule has 0 aromatic heterocycles. The summed E-state index contributed by atoms with van der Waals surface area (Å²) in [5, 5.41) is 0.772. The van der Waals surface area contributed by atoms with Crippen LogP contribution < -0.4 is 0 Å². The summed E-state index contributed by atoms with van der Waals surface area (Å²) < 4.78 is 24.8. The predicted molar refractivity (Wildman–Crippen MR) is 137 cm³/mol. The third-order valence-electron chi connectivity index (χ3n) is 7.26. The zero-order chi connectivity index (χ0) is 24.3. The van der Waals surface area contributed by atoms with Gasteiger partial charge < -0.3 is 0 Å². The van der Waals surface area contributed by atoms with Gasteiger partial charge in [0, 0.05) is 34.7 Å². The van der Waals surface area contributed by atoms with Crippen LogP contribution in [0.2, 0.25) is 5.02 Å². The number of carbonyl (C=O) groups excluding carboxylic acids is 1. The summed E-state index contributed by atoms with van der Waals surface area (Å²) in [6.45, 7) is 2.03. The second-order valence-corrected chi connectivity index (χ2v) is 12.5. The molecule has 2 aromatic rings. The molecule has 2 atom stereocenters. The first kappa shape index (κ1) is 25.5. The van der Waals surface area contributed by atoms with Crippen LogP contribution in [0.3, 0.4) is 0 Å². The van der Waals surface area contributed by atoms with E-state index in [0.717, 1.165) is 69.3 Å². The number of sulfone groups is 1. The summed E-state index contributed by atoms with van der Waals surface area (Å²) in [6, 6.07) is 14.4. The van der Waals surface area contributed by atoms with Gasteiger partial charge >= 0.3 is 0 Å². The number of nitrogens with zero attached hydrogens (tertiary/aromatic N) is 2. The van der Waals surface area contributed by atoms with Crippen LogP contribution in [0.15, 0.2) is 53.4 Å². The summed E-state index contributed by atoms with van der Waals surface area (Å²) in [4.78, 5) is 15.9. The minimum atomic E-state index is -3.31. The molecule has 184 valence electrons. The van der Waals surface area contributed by atoms with Crippen molar-refractivity contribution in [1.29, 1.82) is 0 Å². The van der Waals surface area contributed by atoms with E-state index < -0.39 is 9.84 Å². The van der Waals surface area contributed by atoms with Gasteiger partial charge in [0.05, 0.1) is 10.9 Å². The quantitative estimate of drug-likeness (QED) is 0.463. The van der Waals surface area contributed by atoms with Crippen LogP contribution in [0.4, 0.5) is 0 Å². The molecule has 5 nitrogen and oxygen atoms in total. The highest BCUT2D eigenvalue weighted by molar-refractivity contribution is 7.90. The third-order valence-corrected chi connectivity index (χ3v) is 9.05. The molecule has 2 aromatic carbocycles. The van der Waals surface area contributed by atoms with Gasteiger partial charge in [-0.05, 0) is 93.1 Å². The Morgan fingerprint density at radius 1 is 0.971 bits per heavy atom. The third kappa shape index (κ3) is 6.14. The number of hydrogen-bond donors (Lipinski definition) is 0. The van der Waals surface area contributed by atoms with E-state index in [1.807, 2.05) is 12.1 Å². The van der Waals surface area contributed by atoms with Crippen LogP contribution in [0.25, 0.3) is 0 Å². The topological polar surface area (TPSA) is 57.7 Å². The molecular weight excluding hydrogens is 491 g/mol. The maximum Gasteiger partial charge on any atom is 0.268 e. The Bertz CT molecular complexity index is 1080. The lowest BCUT2D eigenvalue weighted by atomic mass is 9.85. The fraction of sp³-hybridized carbons (Fsp3) is 0.500. The van der Waals surface area contributed by atoms with Crippen molar-refractivity contribution in [2.75, 3.05) is 19.3 Å². The zero-order valence-corrected chi connectivity index (χ0v) is 21.8. The molecule has 4 rings (SSSR count). The van der Waals surface area contributed by atoms with Gasteiger partial charge in [-0.1, -0.05) is 36.6 Å². The average molecular weight is 524 g/mol. The van der Waals surface area contributed by atoms with E-state index in [9.17, 15) is 13.2 Å². The Hall–Kier alpha value is -1.60. The van der Waals surface area contributed by atoms with Gasteiger partial charge in [-0.25, -0.2) is 12.8 Å². The van der Waals surface area contributed by atoms with Gasteiger partial charge in [0.1, 0.15) is 0 Å². The molecule has 2 fully saturated rings. The summed E-state index contributed by atoms with van der Waals surface area (Å²) in [6.07, 6.45) is 8.61. The highest BCUT2D eigenvalue weighted by Crippen LogP contribution is 2.33. The maximum absolute atomic E-state index is 13.1. The number of amides is 1. The first-order valence-corrected chi connectivity index (χ1v) is 14.6. The first-order chi connectivity index (χ1) is 16.2. The monoisotopic (exact) mass is 522 g/mol. The Labute approximate surface area is 213 Å². The van der Waals surface area contributed by atoms with Crippen molar-refractivity contribution in [1.82, 2.24) is 9.32 Å². The number of halogens is 2. The van der Waals surface area contributed by atoms with Crippen molar-refractivity contribution >= 4 is 39.1 Å². The normalized spacial score (nSPS) is 22.4. The second kappa shape index (κ2) is 11.0. The van der Waals surface area contributed by atoms with E-state index in [-0.39, 0.29) is 22.9 Å². The fourth-order valence-corrected chi connectivity index (χ4v) is 6.42. The largest absolute Gasteiger partial charge is 0.298 e. The van der Waals surface area contributed by atoms with Crippen LogP contribution >= 0.6 is 23.4 Å². The number of piperidine rings is 1. The van der Waals surface area contributed by atoms with Crippen LogP contribution in [0.5, 0.6) is 0 Å². The van der Waals surface area contributed by atoms with Crippen molar-refractivity contribution in [3.05, 3.63) is 64.7 Å². The Morgan fingerprint density at radius 2 is 1.59 bits per heavy atom. The fourth-order valence-electron chi connectivity index (χ4n) is 5.34. The Kier molecular flexibility index (Phi) is 8.24. The lowest BCUT2D eigenvalue weighted by molar-refractivity contribution is 0.0479. The summed E-state index contributed by atoms with van der Waals surface area (Å²) in [7, 11) is -3.31. The summed E-state index contributed by atoms with van der Waals surface area (Å²) >= 11 is 12.7. The van der Waals surface area contributed by atoms with Crippen LogP contribution in [-0.2, 0) is 16.3 Å². The molecule has 8 heteroatoms. The van der Waals surface area contributed by atoms with Crippen molar-refractivity contribution in [3.63, 3.8) is 0 Å². The SMILES string of the molecule is CS(=O)(=O)c1ccc(C(=O)N(Cl)[C@@H]2CCCC[C@@H]2N2CCC(Cc3ccc(Cl)cc3)CC2)cc1. The minimum absolute atomic E-state index is 0.0506. The number of hydrogen-bond acceptors (Lipinski definition) is 4. The van der Waals surface area contributed by atoms with Gasteiger partial charge in [0.15, 0.2) is 9.84 Å². The van der Waals surface area contributed by atoms with E-state index in [4.69, 9.17) is 23.4 Å². The van der Waals surface area contributed by atoms with Crippen LogP contribution in [0, 0.1) is 5.92 Å². The van der Waals surface area contributed by atoms with E-state index in [0.29, 0.717) is 11.5 Å². The highest BCUT2D eigenvalue weighted by atomic mass is 35.5. The smallest absolute Gasteiger partial charge is 0.268 e. The summed E-state index contributed by atoms with van der Waals surface area (Å²) in [5.74, 6) is 0.387. The molecule has 0 unspecified atom stereocenters. The lowest BCUT2D eigenvalue weighted by Crippen LogP contribution is -2.54. The molecule has 2 aliphatic rings. The van der Waals surface area contributed by atoms with Crippen molar-refractivity contribution < 1.29 is 13.2 Å². The average Bonchev–Trinajstić information content (AvgIpc) is 2.84. The number of carbonyl (C=O) groups is 1. The van der Waals surface area contributed by atoms with E-state index in [1.54, 1.807) is 12.1 Å². The van der Waals surface area contributed by atoms with Crippen molar-refractivity contribution in [2.24, 2.45) is 5.92 Å². The molecule has 1 amide bonds. The molecule has 0 spiro atoms. The molecular formula is C26H32Cl2N2O3S. The van der Waals surface area contributed by atoms with Gasteiger partial charge in [-0.15, -0.1) is 0 Å². The molecule has 0 bridgehead atoms. The molecule has 0 radical (unpaired) electrons. The molecule has 1 aliphatic carbocycles. The van der Waals surface area contributed by atoms with Gasteiger partial charge in [0.25, 0.3) is 5.91 Å². The first-order valence-electron chi connectivity index (χ1n) is 12.0. The van der Waals surface area contributed by atoms with Gasteiger partial charge in [-0.3, -0.25) is 9.69 Å². The zero-order valence-electron chi connectivity index (χ0n) is 19.5. The number of rotatable bonds is 6. The molecule has 1 saturated carbocycles. The summed E-state index contributed by atoms with van der Waals surface area (Å²) in [5.41, 5.74) is 1.74. The standard InChI is InChI=1S/C26H32Cl2N2O3S/c1-34(32,33)23-12-8-21(9-13-23)26(31)30(28)25-5-3-2-4-24(25)29-16-14-20(15-17-29)18-19-6-10-22(27)11-7-19/h6-13,20,24-25H,2-5,14-18H2,1H3/t24-,25+/m0/s1. The predicted octanol–water partition coefficient (Wildman–Crippen LogP) is 5.61. The lowest BCUT2D eigenvalue weighted by Gasteiger charge is -2.45. The Morgan fingerprint density at radius 3 is 2.21 bits per heavy atom. The van der Waals surface area contributed by atoms with Crippen LogP contribution in [-0.4, -0.2) is 55.1 Å². The minimum Gasteiger partial charge on any atom is -0.298 e. The second-order valence-electron chi connectivity index (χ2n) is 9.64. The van der Waals surface area contributed by atoms with Crippen LogP contribution in [0.1, 0.15) is 54.4 Å². The molecule has 1 aliphatic heterocycles. The Balaban J connectivity index is 1.38. The maximum atomic E-state index is 13.1. The molecule has 1 heterocycles. The molecule has 0 N–H and O–H groups in total. The number of likely N-dealkylation sites (tertiary alicyclic amines) is 1. The van der Waals surface area contributed by atoms with Gasteiger partial charge in [0.2, 0.25) is 0 Å². The van der Waals surface area contributed by atoms with Gasteiger partial charge in [-0.2, -0.15) is 0 Å². The van der Waals surface area contributed by atoms with Crippen molar-refractivity contribution in [3.8, 4) is 0 Å². The number of benzene rings is 2. The van der Waals surface area contributed by atoms with E-state index >= 15 is 0 Å². The molecule has 34 heavy (non-hydrogen) atoms.